The number of hydrogen-bond donors (Lipinski definition) is 1. The van der Waals surface area contributed by atoms with Gasteiger partial charge in [0.2, 0.25) is 0 Å². The van der Waals surface area contributed by atoms with Crippen molar-refractivity contribution in [3.63, 3.8) is 0 Å². The summed E-state index contributed by atoms with van der Waals surface area (Å²) in [5, 5.41) is 7.55. The highest BCUT2D eigenvalue weighted by Gasteiger charge is 2.02. The van der Waals surface area contributed by atoms with Crippen LogP contribution < -0.4 is 10.1 Å². The van der Waals surface area contributed by atoms with Crippen LogP contribution in [0.3, 0.4) is 0 Å². The van der Waals surface area contributed by atoms with E-state index in [1.165, 1.54) is 5.56 Å². The van der Waals surface area contributed by atoms with E-state index in [2.05, 4.69) is 39.3 Å². The van der Waals surface area contributed by atoms with E-state index in [9.17, 15) is 0 Å². The summed E-state index contributed by atoms with van der Waals surface area (Å²) in [6.45, 7) is 5.41. The summed E-state index contributed by atoms with van der Waals surface area (Å²) in [5.41, 5.74) is 1.22. The molecule has 1 aromatic heterocycles. The highest BCUT2D eigenvalue weighted by molar-refractivity contribution is 9.10. The zero-order valence-corrected chi connectivity index (χ0v) is 13.3. The Morgan fingerprint density at radius 3 is 3.05 bits per heavy atom. The molecule has 0 aliphatic heterocycles. The largest absolute Gasteiger partial charge is 0.492 e. The lowest BCUT2D eigenvalue weighted by molar-refractivity contribution is 0.291. The van der Waals surface area contributed by atoms with Gasteiger partial charge in [-0.15, -0.1) is 0 Å². The molecule has 1 aromatic carbocycles. The number of ether oxygens (including phenoxy) is 1. The van der Waals surface area contributed by atoms with Crippen LogP contribution in [-0.2, 0) is 13.1 Å². The Morgan fingerprint density at radius 2 is 2.30 bits per heavy atom. The molecular formula is C15H20BrN3O. The molecule has 20 heavy (non-hydrogen) atoms. The first-order valence-corrected chi connectivity index (χ1v) is 7.68. The van der Waals surface area contributed by atoms with Gasteiger partial charge >= 0.3 is 0 Å². The Kier molecular flexibility index (Phi) is 6.08. The number of hydrogen-bond acceptors (Lipinski definition) is 3. The van der Waals surface area contributed by atoms with Crippen LogP contribution in [0.5, 0.6) is 5.75 Å². The van der Waals surface area contributed by atoms with Gasteiger partial charge in [0.1, 0.15) is 12.4 Å². The number of nitrogens with zero attached hydrogens (tertiary/aromatic N) is 2. The van der Waals surface area contributed by atoms with Crippen LogP contribution in [0.4, 0.5) is 0 Å². The smallest absolute Gasteiger partial charge is 0.119 e. The number of benzene rings is 1. The molecule has 1 N–H and O–H groups in total. The minimum atomic E-state index is 0.616. The average molecular weight is 338 g/mol. The Labute approximate surface area is 128 Å². The van der Waals surface area contributed by atoms with Crippen molar-refractivity contribution in [2.24, 2.45) is 0 Å². The van der Waals surface area contributed by atoms with Gasteiger partial charge in [0, 0.05) is 23.4 Å². The first-order chi connectivity index (χ1) is 9.79. The topological polar surface area (TPSA) is 39.1 Å². The van der Waals surface area contributed by atoms with Gasteiger partial charge in [0.15, 0.2) is 0 Å². The third-order valence-electron chi connectivity index (χ3n) is 2.91. The molecule has 0 unspecified atom stereocenters. The van der Waals surface area contributed by atoms with Crippen molar-refractivity contribution >= 4 is 15.9 Å². The fraction of sp³-hybridized carbons (Fsp3) is 0.400. The van der Waals surface area contributed by atoms with Crippen molar-refractivity contribution < 1.29 is 4.74 Å². The molecule has 1 heterocycles. The summed E-state index contributed by atoms with van der Waals surface area (Å²) >= 11 is 3.57. The van der Waals surface area contributed by atoms with E-state index in [1.54, 1.807) is 6.20 Å². The van der Waals surface area contributed by atoms with Crippen molar-refractivity contribution in [1.82, 2.24) is 15.1 Å². The molecule has 5 heteroatoms. The fourth-order valence-electron chi connectivity index (χ4n) is 1.87. The van der Waals surface area contributed by atoms with Crippen molar-refractivity contribution in [1.29, 1.82) is 0 Å². The quantitative estimate of drug-likeness (QED) is 0.751. The minimum absolute atomic E-state index is 0.616. The molecule has 2 aromatic rings. The van der Waals surface area contributed by atoms with Gasteiger partial charge in [-0.25, -0.2) is 0 Å². The van der Waals surface area contributed by atoms with Crippen molar-refractivity contribution in [3.05, 3.63) is 46.7 Å². The molecule has 0 amide bonds. The molecule has 0 radical (unpaired) electrons. The van der Waals surface area contributed by atoms with Gasteiger partial charge in [0.05, 0.1) is 6.54 Å². The van der Waals surface area contributed by atoms with Crippen LogP contribution in [0, 0.1) is 0 Å². The summed E-state index contributed by atoms with van der Waals surface area (Å²) in [5.74, 6) is 0.897. The van der Waals surface area contributed by atoms with Gasteiger partial charge < -0.3 is 10.1 Å². The highest BCUT2D eigenvalue weighted by Crippen LogP contribution is 2.22. The summed E-state index contributed by atoms with van der Waals surface area (Å²) < 4.78 is 8.75. The molecule has 0 saturated heterocycles. The normalized spacial score (nSPS) is 10.7. The van der Waals surface area contributed by atoms with Crippen LogP contribution in [0.25, 0.3) is 0 Å². The van der Waals surface area contributed by atoms with E-state index < -0.39 is 0 Å². The van der Waals surface area contributed by atoms with E-state index in [1.807, 2.05) is 29.1 Å². The third kappa shape index (κ3) is 4.65. The maximum atomic E-state index is 5.77. The minimum Gasteiger partial charge on any atom is -0.492 e. The van der Waals surface area contributed by atoms with Crippen LogP contribution in [0.1, 0.15) is 18.9 Å². The molecule has 0 saturated carbocycles. The number of rotatable bonds is 8. The van der Waals surface area contributed by atoms with Crippen molar-refractivity contribution in [2.45, 2.75) is 26.4 Å². The first-order valence-electron chi connectivity index (χ1n) is 6.89. The predicted molar refractivity (Wildman–Crippen MR) is 83.9 cm³/mol. The van der Waals surface area contributed by atoms with E-state index in [-0.39, 0.29) is 0 Å². The number of halogens is 1. The van der Waals surface area contributed by atoms with Gasteiger partial charge in [-0.05, 0) is 42.8 Å². The lowest BCUT2D eigenvalue weighted by Gasteiger charge is -2.10. The predicted octanol–water partition coefficient (Wildman–Crippen LogP) is 3.22. The average Bonchev–Trinajstić information content (AvgIpc) is 2.95. The number of aromatic nitrogens is 2. The molecule has 0 atom stereocenters. The molecule has 0 aliphatic carbocycles. The summed E-state index contributed by atoms with van der Waals surface area (Å²) in [6, 6.07) is 8.01. The Bertz CT molecular complexity index is 514. The fourth-order valence-corrected chi connectivity index (χ4v) is 2.25. The Morgan fingerprint density at radius 1 is 1.40 bits per heavy atom. The molecule has 4 nitrogen and oxygen atoms in total. The van der Waals surface area contributed by atoms with Crippen molar-refractivity contribution in [2.75, 3.05) is 13.2 Å². The second-order valence-corrected chi connectivity index (χ2v) is 5.40. The standard InChI is InChI=1S/C15H20BrN3O/c1-2-6-17-12-13-11-14(4-5-15(13)16)20-10-9-19-8-3-7-18-19/h3-5,7-8,11,17H,2,6,9-10,12H2,1H3. The third-order valence-corrected chi connectivity index (χ3v) is 3.68. The molecule has 0 spiro atoms. The van der Waals surface area contributed by atoms with Gasteiger partial charge in [0.25, 0.3) is 0 Å². The highest BCUT2D eigenvalue weighted by atomic mass is 79.9. The Balaban J connectivity index is 1.86. The van der Waals surface area contributed by atoms with Crippen LogP contribution >= 0.6 is 15.9 Å². The maximum absolute atomic E-state index is 5.77. The number of nitrogens with one attached hydrogen (secondary N) is 1. The SMILES string of the molecule is CCCNCc1cc(OCCn2cccn2)ccc1Br. The zero-order valence-electron chi connectivity index (χ0n) is 11.7. The zero-order chi connectivity index (χ0) is 14.2. The van der Waals surface area contributed by atoms with Crippen molar-refractivity contribution in [3.8, 4) is 5.75 Å². The molecule has 0 bridgehead atoms. The molecule has 0 aliphatic rings. The van der Waals surface area contributed by atoms with E-state index >= 15 is 0 Å². The summed E-state index contributed by atoms with van der Waals surface area (Å²) in [6.07, 6.45) is 4.85. The van der Waals surface area contributed by atoms with E-state index in [4.69, 9.17) is 4.74 Å². The van der Waals surface area contributed by atoms with E-state index in [0.717, 1.165) is 36.3 Å². The molecule has 108 valence electrons. The second kappa shape index (κ2) is 8.07. The molecule has 0 fully saturated rings. The lowest BCUT2D eigenvalue weighted by atomic mass is 10.2. The monoisotopic (exact) mass is 337 g/mol. The van der Waals surface area contributed by atoms with Gasteiger partial charge in [-0.3, -0.25) is 4.68 Å². The lowest BCUT2D eigenvalue weighted by Crippen LogP contribution is -2.14. The summed E-state index contributed by atoms with van der Waals surface area (Å²) in [7, 11) is 0. The first kappa shape index (κ1) is 15.1. The van der Waals surface area contributed by atoms with Crippen LogP contribution in [-0.4, -0.2) is 22.9 Å². The van der Waals surface area contributed by atoms with E-state index in [0.29, 0.717) is 6.61 Å². The van der Waals surface area contributed by atoms with Crippen LogP contribution in [0.2, 0.25) is 0 Å². The second-order valence-electron chi connectivity index (χ2n) is 4.55. The molecular weight excluding hydrogens is 318 g/mol. The van der Waals surface area contributed by atoms with Gasteiger partial charge in [-0.2, -0.15) is 5.10 Å². The summed E-state index contributed by atoms with van der Waals surface area (Å²) in [4.78, 5) is 0. The van der Waals surface area contributed by atoms with Crippen LogP contribution in [0.15, 0.2) is 41.1 Å². The molecule has 2 rings (SSSR count). The maximum Gasteiger partial charge on any atom is 0.119 e. The Hall–Kier alpha value is -1.33. The van der Waals surface area contributed by atoms with Gasteiger partial charge in [-0.1, -0.05) is 22.9 Å².